The van der Waals surface area contributed by atoms with Crippen molar-refractivity contribution in [3.63, 3.8) is 0 Å². The second-order valence-corrected chi connectivity index (χ2v) is 8.51. The minimum Gasteiger partial charge on any atom is -0.338 e. The number of nitrogens with zero attached hydrogens (tertiary/aromatic N) is 3. The first-order chi connectivity index (χ1) is 15.9. The van der Waals surface area contributed by atoms with Crippen molar-refractivity contribution in [3.05, 3.63) is 89.1 Å². The molecule has 1 aromatic heterocycles. The number of rotatable bonds is 5. The number of nitrogens with one attached hydrogen (secondary N) is 1. The fraction of sp³-hybridized carbons (Fsp3) is 0.222. The summed E-state index contributed by atoms with van der Waals surface area (Å²) in [5.41, 5.74) is 5.75. The van der Waals surface area contributed by atoms with Gasteiger partial charge in [0.05, 0.1) is 6.54 Å². The number of pyridine rings is 1. The summed E-state index contributed by atoms with van der Waals surface area (Å²) in [6.45, 7) is 3.27. The molecule has 0 spiro atoms. The van der Waals surface area contributed by atoms with E-state index in [9.17, 15) is 9.59 Å². The molecule has 1 aliphatic heterocycles. The summed E-state index contributed by atoms with van der Waals surface area (Å²) in [5, 5.41) is 2.83. The molecule has 0 radical (unpaired) electrons. The van der Waals surface area contributed by atoms with Crippen LogP contribution in [0, 0.1) is 0 Å². The van der Waals surface area contributed by atoms with E-state index < -0.39 is 0 Å². The van der Waals surface area contributed by atoms with Crippen molar-refractivity contribution < 1.29 is 9.59 Å². The van der Waals surface area contributed by atoms with Gasteiger partial charge in [-0.3, -0.25) is 14.5 Å². The van der Waals surface area contributed by atoms with Crippen LogP contribution in [-0.4, -0.2) is 47.2 Å². The van der Waals surface area contributed by atoms with Crippen LogP contribution in [0.1, 0.15) is 23.6 Å². The summed E-state index contributed by atoms with van der Waals surface area (Å²) in [4.78, 5) is 33.1. The van der Waals surface area contributed by atoms with E-state index >= 15 is 0 Å². The first-order valence-electron chi connectivity index (χ1n) is 10.9. The Morgan fingerprint density at radius 1 is 1.12 bits per heavy atom. The highest BCUT2D eigenvalue weighted by atomic mass is 16.2. The molecule has 2 aromatic carbocycles. The van der Waals surface area contributed by atoms with Gasteiger partial charge in [-0.15, -0.1) is 0 Å². The van der Waals surface area contributed by atoms with Gasteiger partial charge in [0, 0.05) is 37.5 Å². The van der Waals surface area contributed by atoms with Gasteiger partial charge < -0.3 is 10.2 Å². The molecule has 6 heteroatoms. The Kier molecular flexibility index (Phi) is 6.66. The quantitative estimate of drug-likeness (QED) is 0.604. The molecule has 0 unspecified atom stereocenters. The normalized spacial score (nSPS) is 14.3. The Bertz CT molecular complexity index is 1200. The van der Waals surface area contributed by atoms with Crippen LogP contribution < -0.4 is 5.32 Å². The van der Waals surface area contributed by atoms with E-state index in [1.807, 2.05) is 68.4 Å². The molecule has 168 valence electrons. The van der Waals surface area contributed by atoms with Gasteiger partial charge in [0.1, 0.15) is 5.82 Å². The van der Waals surface area contributed by atoms with E-state index in [0.29, 0.717) is 31.0 Å². The Morgan fingerprint density at radius 2 is 1.85 bits per heavy atom. The number of anilines is 1. The fourth-order valence-electron chi connectivity index (χ4n) is 4.10. The average molecular weight is 441 g/mol. The molecule has 0 saturated heterocycles. The minimum absolute atomic E-state index is 0.0433. The van der Waals surface area contributed by atoms with E-state index in [0.717, 1.165) is 27.8 Å². The first kappa shape index (κ1) is 22.4. The lowest BCUT2D eigenvalue weighted by Gasteiger charge is -2.20. The van der Waals surface area contributed by atoms with Gasteiger partial charge in [-0.25, -0.2) is 4.98 Å². The predicted octanol–water partition coefficient (Wildman–Crippen LogP) is 4.19. The minimum atomic E-state index is -0.0733. The second kappa shape index (κ2) is 9.79. The summed E-state index contributed by atoms with van der Waals surface area (Å²) in [6.07, 6.45) is 3.54. The highest BCUT2D eigenvalue weighted by Gasteiger charge is 2.18. The molecule has 6 nitrogen and oxygen atoms in total. The maximum Gasteiger partial charge on any atom is 0.249 e. The van der Waals surface area contributed by atoms with Gasteiger partial charge in [0.25, 0.3) is 0 Å². The number of benzene rings is 2. The molecule has 4 rings (SSSR count). The predicted molar refractivity (Wildman–Crippen MR) is 131 cm³/mol. The van der Waals surface area contributed by atoms with E-state index in [4.69, 9.17) is 0 Å². The van der Waals surface area contributed by atoms with Crippen LogP contribution in [0.4, 0.5) is 5.82 Å². The van der Waals surface area contributed by atoms with Crippen LogP contribution in [-0.2, 0) is 22.7 Å². The van der Waals surface area contributed by atoms with Crippen molar-refractivity contribution in [2.75, 3.05) is 26.0 Å². The van der Waals surface area contributed by atoms with Gasteiger partial charge in [-0.05, 0) is 48.4 Å². The van der Waals surface area contributed by atoms with Gasteiger partial charge in [-0.1, -0.05) is 54.6 Å². The molecular formula is C27H28N4O2. The molecule has 33 heavy (non-hydrogen) atoms. The Labute approximate surface area is 194 Å². The van der Waals surface area contributed by atoms with E-state index in [-0.39, 0.29) is 11.8 Å². The number of amides is 2. The SMILES string of the molecule is CC(=Cc1cnc2c(c1)CN(C)CC(=O)N2)C(=O)N(C)Cc1ccccc1-c1ccccc1. The van der Waals surface area contributed by atoms with Gasteiger partial charge in [0.15, 0.2) is 0 Å². The summed E-state index contributed by atoms with van der Waals surface area (Å²) in [5.74, 6) is 0.467. The molecule has 0 fully saturated rings. The zero-order valence-electron chi connectivity index (χ0n) is 19.2. The second-order valence-electron chi connectivity index (χ2n) is 8.51. The third-order valence-corrected chi connectivity index (χ3v) is 5.68. The summed E-state index contributed by atoms with van der Waals surface area (Å²) < 4.78 is 0. The summed E-state index contributed by atoms with van der Waals surface area (Å²) in [6, 6.07) is 20.3. The maximum atomic E-state index is 13.1. The highest BCUT2D eigenvalue weighted by Crippen LogP contribution is 2.25. The number of aromatic nitrogens is 1. The lowest BCUT2D eigenvalue weighted by molar-refractivity contribution is -0.126. The lowest BCUT2D eigenvalue weighted by atomic mass is 9.99. The Morgan fingerprint density at radius 3 is 2.64 bits per heavy atom. The standard InChI is InChI=1S/C27H28N4O2/c1-19(13-20-14-23-16-30(2)18-25(32)29-26(23)28-15-20)27(33)31(3)17-22-11-7-8-12-24(22)21-9-5-4-6-10-21/h4-15H,16-18H2,1-3H3,(H,28,29,32). The van der Waals surface area contributed by atoms with Crippen molar-refractivity contribution in [1.29, 1.82) is 0 Å². The van der Waals surface area contributed by atoms with Crippen LogP contribution >= 0.6 is 0 Å². The van der Waals surface area contributed by atoms with Crippen LogP contribution in [0.15, 0.2) is 72.4 Å². The Hall–Kier alpha value is -3.77. The molecule has 3 aromatic rings. The molecular weight excluding hydrogens is 412 g/mol. The molecule has 2 amide bonds. The fourth-order valence-corrected chi connectivity index (χ4v) is 4.10. The third-order valence-electron chi connectivity index (χ3n) is 5.68. The third kappa shape index (κ3) is 5.35. The van der Waals surface area contributed by atoms with Crippen LogP contribution in [0.25, 0.3) is 17.2 Å². The summed E-state index contributed by atoms with van der Waals surface area (Å²) in [7, 11) is 3.72. The molecule has 2 heterocycles. The van der Waals surface area contributed by atoms with Gasteiger partial charge in [-0.2, -0.15) is 0 Å². The number of carbonyl (C=O) groups excluding carboxylic acids is 2. The number of hydrogen-bond acceptors (Lipinski definition) is 4. The lowest BCUT2D eigenvalue weighted by Crippen LogP contribution is -2.27. The van der Waals surface area contributed by atoms with Crippen molar-refractivity contribution in [1.82, 2.24) is 14.8 Å². The Balaban J connectivity index is 1.52. The van der Waals surface area contributed by atoms with Crippen LogP contribution in [0.2, 0.25) is 0 Å². The molecule has 0 saturated carbocycles. The van der Waals surface area contributed by atoms with E-state index in [1.165, 1.54) is 0 Å². The first-order valence-corrected chi connectivity index (χ1v) is 10.9. The zero-order chi connectivity index (χ0) is 23.4. The average Bonchev–Trinajstić information content (AvgIpc) is 2.95. The molecule has 0 atom stereocenters. The van der Waals surface area contributed by atoms with Crippen LogP contribution in [0.5, 0.6) is 0 Å². The van der Waals surface area contributed by atoms with Crippen molar-refractivity contribution in [2.24, 2.45) is 0 Å². The number of likely N-dealkylation sites (N-methyl/N-ethyl adjacent to an activating group) is 2. The van der Waals surface area contributed by atoms with Crippen molar-refractivity contribution in [3.8, 4) is 11.1 Å². The molecule has 1 aliphatic rings. The van der Waals surface area contributed by atoms with E-state index in [1.54, 1.807) is 11.1 Å². The number of hydrogen-bond donors (Lipinski definition) is 1. The zero-order valence-corrected chi connectivity index (χ0v) is 19.2. The number of carbonyl (C=O) groups is 2. The van der Waals surface area contributed by atoms with E-state index in [2.05, 4.69) is 34.6 Å². The largest absolute Gasteiger partial charge is 0.338 e. The van der Waals surface area contributed by atoms with Crippen molar-refractivity contribution >= 4 is 23.7 Å². The van der Waals surface area contributed by atoms with Gasteiger partial charge >= 0.3 is 0 Å². The molecule has 0 bridgehead atoms. The highest BCUT2D eigenvalue weighted by molar-refractivity contribution is 5.97. The smallest absolute Gasteiger partial charge is 0.249 e. The summed E-state index contributed by atoms with van der Waals surface area (Å²) >= 11 is 0. The van der Waals surface area contributed by atoms with Gasteiger partial charge in [0.2, 0.25) is 11.8 Å². The molecule has 0 aliphatic carbocycles. The monoisotopic (exact) mass is 440 g/mol. The van der Waals surface area contributed by atoms with Crippen molar-refractivity contribution in [2.45, 2.75) is 20.0 Å². The number of fused-ring (bicyclic) bond motifs is 1. The van der Waals surface area contributed by atoms with Crippen LogP contribution in [0.3, 0.4) is 0 Å². The maximum absolute atomic E-state index is 13.1. The molecule has 1 N–H and O–H groups in total. The topological polar surface area (TPSA) is 65.5 Å².